The SMILES string of the molecule is CCN(CC1CCN(Cc2ccccc2)C1)C(=O)C(N)C1CCOCC1.Cl.Cl. The number of likely N-dealkylation sites (tertiary alicyclic amines) is 1. The highest BCUT2D eigenvalue weighted by Crippen LogP contribution is 2.22. The molecule has 1 aromatic carbocycles. The summed E-state index contributed by atoms with van der Waals surface area (Å²) in [4.78, 5) is 17.4. The Bertz CT molecular complexity index is 570. The van der Waals surface area contributed by atoms with E-state index in [4.69, 9.17) is 10.5 Å². The van der Waals surface area contributed by atoms with Gasteiger partial charge in [-0.25, -0.2) is 0 Å². The van der Waals surface area contributed by atoms with E-state index in [9.17, 15) is 4.79 Å². The van der Waals surface area contributed by atoms with Gasteiger partial charge in [0.2, 0.25) is 5.91 Å². The van der Waals surface area contributed by atoms with Gasteiger partial charge in [-0.05, 0) is 50.1 Å². The molecule has 0 spiro atoms. The number of hydrogen-bond acceptors (Lipinski definition) is 4. The van der Waals surface area contributed by atoms with Gasteiger partial charge in [0.15, 0.2) is 0 Å². The van der Waals surface area contributed by atoms with Crippen molar-refractivity contribution in [2.45, 2.75) is 38.8 Å². The Balaban J connectivity index is 0.00000196. The lowest BCUT2D eigenvalue weighted by atomic mass is 9.91. The second-order valence-electron chi connectivity index (χ2n) is 7.73. The van der Waals surface area contributed by atoms with Crippen molar-refractivity contribution < 1.29 is 9.53 Å². The van der Waals surface area contributed by atoms with Gasteiger partial charge >= 0.3 is 0 Å². The molecule has 2 unspecified atom stereocenters. The molecule has 2 atom stereocenters. The first-order chi connectivity index (χ1) is 12.7. The number of rotatable bonds is 7. The minimum absolute atomic E-state index is 0. The van der Waals surface area contributed by atoms with Crippen LogP contribution in [0.1, 0.15) is 31.7 Å². The van der Waals surface area contributed by atoms with Crippen LogP contribution in [-0.4, -0.2) is 61.1 Å². The Labute approximate surface area is 181 Å². The van der Waals surface area contributed by atoms with Crippen molar-refractivity contribution in [1.29, 1.82) is 0 Å². The average Bonchev–Trinajstić information content (AvgIpc) is 3.13. The lowest BCUT2D eigenvalue weighted by Crippen LogP contribution is -2.50. The van der Waals surface area contributed by atoms with Crippen molar-refractivity contribution in [3.63, 3.8) is 0 Å². The lowest BCUT2D eigenvalue weighted by molar-refractivity contribution is -0.135. The third-order valence-electron chi connectivity index (χ3n) is 5.85. The number of halogens is 2. The Morgan fingerprint density at radius 1 is 1.21 bits per heavy atom. The van der Waals surface area contributed by atoms with E-state index >= 15 is 0 Å². The molecule has 0 aromatic heterocycles. The topological polar surface area (TPSA) is 58.8 Å². The van der Waals surface area contributed by atoms with E-state index in [0.29, 0.717) is 5.92 Å². The van der Waals surface area contributed by atoms with Crippen LogP contribution in [0.5, 0.6) is 0 Å². The molecule has 0 aliphatic carbocycles. The quantitative estimate of drug-likeness (QED) is 0.720. The maximum atomic E-state index is 12.9. The zero-order valence-electron chi connectivity index (χ0n) is 16.8. The zero-order valence-corrected chi connectivity index (χ0v) is 18.4. The fourth-order valence-electron chi connectivity index (χ4n) is 4.22. The normalized spacial score (nSPS) is 21.4. The molecule has 28 heavy (non-hydrogen) atoms. The highest BCUT2D eigenvalue weighted by Gasteiger charge is 2.31. The van der Waals surface area contributed by atoms with Crippen LogP contribution in [-0.2, 0) is 16.1 Å². The summed E-state index contributed by atoms with van der Waals surface area (Å²) in [6.45, 7) is 8.26. The van der Waals surface area contributed by atoms with Crippen molar-refractivity contribution in [3.05, 3.63) is 35.9 Å². The van der Waals surface area contributed by atoms with Gasteiger partial charge in [0.25, 0.3) is 0 Å². The van der Waals surface area contributed by atoms with Gasteiger partial charge in [0.05, 0.1) is 6.04 Å². The monoisotopic (exact) mass is 431 g/mol. The maximum Gasteiger partial charge on any atom is 0.239 e. The predicted octanol–water partition coefficient (Wildman–Crippen LogP) is 2.95. The van der Waals surface area contributed by atoms with E-state index in [0.717, 1.165) is 65.2 Å². The number of carbonyl (C=O) groups excluding carboxylic acids is 1. The number of likely N-dealkylation sites (N-methyl/N-ethyl adjacent to an activating group) is 1. The summed E-state index contributed by atoms with van der Waals surface area (Å²) in [6.07, 6.45) is 2.96. The molecule has 2 aliphatic rings. The van der Waals surface area contributed by atoms with E-state index in [1.165, 1.54) is 5.56 Å². The van der Waals surface area contributed by atoms with E-state index in [2.05, 4.69) is 42.2 Å². The van der Waals surface area contributed by atoms with Crippen LogP contribution in [0, 0.1) is 11.8 Å². The van der Waals surface area contributed by atoms with Crippen LogP contribution < -0.4 is 5.73 Å². The highest BCUT2D eigenvalue weighted by molar-refractivity contribution is 5.85. The standard InChI is InChI=1S/C21H33N3O2.2ClH/c1-2-24(21(25)20(22)19-9-12-26-13-10-19)16-18-8-11-23(15-18)14-17-6-4-3-5-7-17;;/h3-7,18-20H,2,8-16,22H2,1H3;2*1H. The summed E-state index contributed by atoms with van der Waals surface area (Å²) in [5.74, 6) is 0.939. The van der Waals surface area contributed by atoms with Crippen molar-refractivity contribution in [3.8, 4) is 0 Å². The van der Waals surface area contributed by atoms with Gasteiger partial charge in [0, 0.05) is 39.4 Å². The molecular weight excluding hydrogens is 397 g/mol. The van der Waals surface area contributed by atoms with Gasteiger partial charge in [-0.3, -0.25) is 9.69 Å². The Hall–Kier alpha value is -0.850. The Morgan fingerprint density at radius 2 is 1.89 bits per heavy atom. The van der Waals surface area contributed by atoms with Gasteiger partial charge in [0.1, 0.15) is 0 Å². The highest BCUT2D eigenvalue weighted by atomic mass is 35.5. The largest absolute Gasteiger partial charge is 0.381 e. The predicted molar refractivity (Wildman–Crippen MR) is 118 cm³/mol. The fraction of sp³-hybridized carbons (Fsp3) is 0.667. The van der Waals surface area contributed by atoms with Crippen LogP contribution in [0.3, 0.4) is 0 Å². The van der Waals surface area contributed by atoms with Crippen LogP contribution in [0.2, 0.25) is 0 Å². The molecule has 0 bridgehead atoms. The summed E-state index contributed by atoms with van der Waals surface area (Å²) in [7, 11) is 0. The molecule has 2 N–H and O–H groups in total. The molecule has 2 aliphatic heterocycles. The third-order valence-corrected chi connectivity index (χ3v) is 5.85. The van der Waals surface area contributed by atoms with Gasteiger partial charge in [-0.1, -0.05) is 30.3 Å². The third kappa shape index (κ3) is 6.89. The average molecular weight is 432 g/mol. The van der Waals surface area contributed by atoms with E-state index < -0.39 is 0 Å². The zero-order chi connectivity index (χ0) is 18.4. The van der Waals surface area contributed by atoms with Crippen LogP contribution in [0.25, 0.3) is 0 Å². The van der Waals surface area contributed by atoms with Gasteiger partial charge < -0.3 is 15.4 Å². The fourth-order valence-corrected chi connectivity index (χ4v) is 4.22. The van der Waals surface area contributed by atoms with Crippen molar-refractivity contribution in [2.75, 3.05) is 39.4 Å². The minimum Gasteiger partial charge on any atom is -0.381 e. The van der Waals surface area contributed by atoms with Crippen LogP contribution >= 0.6 is 24.8 Å². The number of amides is 1. The molecule has 0 radical (unpaired) electrons. The van der Waals surface area contributed by atoms with E-state index in [1.807, 2.05) is 4.90 Å². The molecule has 1 amide bonds. The number of nitrogens with zero attached hydrogens (tertiary/aromatic N) is 2. The van der Waals surface area contributed by atoms with Crippen molar-refractivity contribution >= 4 is 30.7 Å². The molecule has 2 heterocycles. The second-order valence-corrected chi connectivity index (χ2v) is 7.73. The lowest BCUT2D eigenvalue weighted by Gasteiger charge is -2.32. The number of benzene rings is 1. The number of nitrogens with two attached hydrogens (primary N) is 1. The Kier molecular flexibility index (Phi) is 11.4. The Morgan fingerprint density at radius 3 is 2.54 bits per heavy atom. The summed E-state index contributed by atoms with van der Waals surface area (Å²) >= 11 is 0. The van der Waals surface area contributed by atoms with E-state index in [1.54, 1.807) is 0 Å². The summed E-state index contributed by atoms with van der Waals surface area (Å²) in [5.41, 5.74) is 7.67. The number of hydrogen-bond donors (Lipinski definition) is 1. The molecule has 1 aromatic rings. The second kappa shape index (κ2) is 12.7. The molecule has 5 nitrogen and oxygen atoms in total. The first-order valence-electron chi connectivity index (χ1n) is 10.1. The molecule has 3 rings (SSSR count). The first-order valence-corrected chi connectivity index (χ1v) is 10.1. The number of carbonyl (C=O) groups is 1. The maximum absolute atomic E-state index is 12.9. The minimum atomic E-state index is -0.374. The van der Waals surface area contributed by atoms with Gasteiger partial charge in [-0.2, -0.15) is 0 Å². The van der Waals surface area contributed by atoms with Crippen molar-refractivity contribution in [2.24, 2.45) is 17.6 Å². The van der Waals surface area contributed by atoms with Gasteiger partial charge in [-0.15, -0.1) is 24.8 Å². The van der Waals surface area contributed by atoms with Crippen molar-refractivity contribution in [1.82, 2.24) is 9.80 Å². The molecular formula is C21H35Cl2N3O2. The first kappa shape index (κ1) is 25.2. The van der Waals surface area contributed by atoms with Crippen LogP contribution in [0.4, 0.5) is 0 Å². The molecule has 2 saturated heterocycles. The number of ether oxygens (including phenoxy) is 1. The molecule has 7 heteroatoms. The smallest absolute Gasteiger partial charge is 0.239 e. The molecule has 160 valence electrons. The van der Waals surface area contributed by atoms with Crippen LogP contribution in [0.15, 0.2) is 30.3 Å². The molecule has 0 saturated carbocycles. The summed E-state index contributed by atoms with van der Waals surface area (Å²) < 4.78 is 5.40. The summed E-state index contributed by atoms with van der Waals surface area (Å²) in [6, 6.07) is 10.2. The van der Waals surface area contributed by atoms with E-state index in [-0.39, 0.29) is 42.7 Å². The summed E-state index contributed by atoms with van der Waals surface area (Å²) in [5, 5.41) is 0. The molecule has 2 fully saturated rings.